The number of anilines is 1. The zero-order chi connectivity index (χ0) is 40.7. The molecule has 6 atom stereocenters. The van der Waals surface area contributed by atoms with E-state index in [1.165, 1.54) is 18.1 Å². The van der Waals surface area contributed by atoms with Crippen LogP contribution in [0.25, 0.3) is 28.1 Å². The molecule has 59 heavy (non-hydrogen) atoms. The molecule has 1 saturated carbocycles. The Morgan fingerprint density at radius 2 is 1.51 bits per heavy atom. The lowest BCUT2D eigenvalue weighted by atomic mass is 9.44. The molecule has 9 nitrogen and oxygen atoms in total. The maximum atomic E-state index is 15.4. The number of carbonyl (C=O) groups excluding carboxylic acids is 4. The minimum atomic E-state index is -1.46. The zero-order valence-corrected chi connectivity index (χ0v) is 34.6. The molecule has 1 aromatic heterocycles. The zero-order valence-electron chi connectivity index (χ0n) is 31.5. The number of benzene rings is 5. The van der Waals surface area contributed by atoms with E-state index in [0.29, 0.717) is 53.9 Å². The number of hydrogen-bond acceptors (Lipinski definition) is 8. The summed E-state index contributed by atoms with van der Waals surface area (Å²) in [5.41, 5.74) is 4.02. The summed E-state index contributed by atoms with van der Waals surface area (Å²) in [5.74, 6) is -4.47. The number of oxazole rings is 1. The highest BCUT2D eigenvalue weighted by Crippen LogP contribution is 2.65. The molecule has 3 aliphatic carbocycles. The molecule has 2 fully saturated rings. The number of ether oxygens (including phenoxy) is 1. The number of phenolic OH excluding ortho intramolecular Hbond substituents is 1. The molecule has 0 unspecified atom stereocenters. The van der Waals surface area contributed by atoms with Gasteiger partial charge in [0.1, 0.15) is 5.52 Å². The van der Waals surface area contributed by atoms with Crippen LogP contribution in [0.1, 0.15) is 35.4 Å². The quantitative estimate of drug-likeness (QED) is 0.129. The van der Waals surface area contributed by atoms with E-state index in [0.717, 1.165) is 11.1 Å². The highest BCUT2D eigenvalue weighted by Gasteiger charge is 2.66. The largest absolute Gasteiger partial charge is 0.503 e. The third-order valence-electron chi connectivity index (χ3n) is 12.7. The number of imide groups is 1. The van der Waals surface area contributed by atoms with Gasteiger partial charge < -0.3 is 14.3 Å². The number of amides is 2. The molecular formula is C48H34Br2N2O7. The van der Waals surface area contributed by atoms with Gasteiger partial charge in [-0.2, -0.15) is 0 Å². The Balaban J connectivity index is 1.13. The van der Waals surface area contributed by atoms with Crippen LogP contribution >= 0.6 is 31.9 Å². The van der Waals surface area contributed by atoms with Crippen LogP contribution in [0.5, 0.6) is 11.5 Å². The number of aromatic nitrogens is 1. The minimum absolute atomic E-state index is 0.134. The van der Waals surface area contributed by atoms with E-state index in [1.54, 1.807) is 30.3 Å². The van der Waals surface area contributed by atoms with Crippen LogP contribution in [0, 0.1) is 23.7 Å². The molecule has 11 heteroatoms. The predicted octanol–water partition coefficient (Wildman–Crippen LogP) is 9.76. The number of nitrogens with zero attached hydrogens (tertiary/aromatic N) is 2. The number of Topliss-reactive ketones (excluding diaryl/α,β-unsaturated/α-hetero) is 1. The molecule has 2 amide bonds. The number of ketones is 2. The first-order valence-electron chi connectivity index (χ1n) is 19.3. The van der Waals surface area contributed by atoms with E-state index in [2.05, 4.69) is 36.8 Å². The fourth-order valence-corrected chi connectivity index (χ4v) is 11.2. The van der Waals surface area contributed by atoms with Gasteiger partial charge >= 0.3 is 0 Å². The fourth-order valence-electron chi connectivity index (χ4n) is 10.2. The molecule has 10 rings (SSSR count). The second-order valence-corrected chi connectivity index (χ2v) is 17.1. The van der Waals surface area contributed by atoms with Crippen molar-refractivity contribution in [2.45, 2.75) is 24.2 Å². The van der Waals surface area contributed by atoms with Crippen LogP contribution in [0.4, 0.5) is 5.69 Å². The van der Waals surface area contributed by atoms with Crippen molar-refractivity contribution in [3.05, 3.63) is 159 Å². The van der Waals surface area contributed by atoms with Gasteiger partial charge in [0.15, 0.2) is 28.6 Å². The number of rotatable bonds is 6. The molecule has 1 N–H and O–H groups in total. The smallest absolute Gasteiger partial charge is 0.238 e. The van der Waals surface area contributed by atoms with Crippen LogP contribution in [0.2, 0.25) is 0 Å². The standard InChI is InChI=1S/C48H34Br2N2O7/c1-58-37-23-33(41(49)42(50)44(37)55)40-29-20-21-30-39(47(57)52(46(30)56)28-18-16-26(17-19-28)45-51-35-14-8-9-15-36(35)59-45)32(29)22-34-43(54)31(25-10-4-2-5-11-25)24-38(53)48(34,40)27-12-6-3-7-13-27/h2-20,23-24,30,32,34,39-40,55H,21-22H2,1H3/t30-,32+,34-,39-,40+,48-/m0/s1. The number of hydrogen-bond donors (Lipinski definition) is 1. The molecule has 4 aliphatic rings. The Bertz CT molecular complexity index is 2780. The van der Waals surface area contributed by atoms with Gasteiger partial charge in [-0.15, -0.1) is 0 Å². The Kier molecular flexibility index (Phi) is 8.95. The first-order valence-corrected chi connectivity index (χ1v) is 20.9. The highest BCUT2D eigenvalue weighted by atomic mass is 79.9. The number of aromatic hydroxyl groups is 1. The van der Waals surface area contributed by atoms with Crippen LogP contribution in [0.15, 0.2) is 146 Å². The first-order chi connectivity index (χ1) is 28.6. The summed E-state index contributed by atoms with van der Waals surface area (Å²) >= 11 is 7.31. The lowest BCUT2D eigenvalue weighted by Gasteiger charge is -2.55. The normalized spacial score (nSPS) is 25.0. The number of para-hydroxylation sites is 2. The molecule has 2 heterocycles. The Morgan fingerprint density at radius 3 is 2.22 bits per heavy atom. The minimum Gasteiger partial charge on any atom is -0.503 e. The highest BCUT2D eigenvalue weighted by molar-refractivity contribution is 9.13. The van der Waals surface area contributed by atoms with Crippen LogP contribution in [-0.2, 0) is 24.6 Å². The predicted molar refractivity (Wildman–Crippen MR) is 229 cm³/mol. The molecule has 5 aromatic carbocycles. The second kappa shape index (κ2) is 14.1. The van der Waals surface area contributed by atoms with E-state index >= 15 is 9.59 Å². The van der Waals surface area contributed by atoms with Gasteiger partial charge in [0, 0.05) is 27.4 Å². The van der Waals surface area contributed by atoms with E-state index in [9.17, 15) is 14.7 Å². The van der Waals surface area contributed by atoms with Gasteiger partial charge in [-0.25, -0.2) is 4.98 Å². The molecule has 1 saturated heterocycles. The topological polar surface area (TPSA) is 127 Å². The maximum Gasteiger partial charge on any atom is 0.238 e. The van der Waals surface area contributed by atoms with Crippen LogP contribution in [-0.4, -0.2) is 40.6 Å². The summed E-state index contributed by atoms with van der Waals surface area (Å²) in [6, 6.07) is 34.7. The summed E-state index contributed by atoms with van der Waals surface area (Å²) in [7, 11) is 1.45. The fraction of sp³-hybridized carbons (Fsp3) is 0.188. The monoisotopic (exact) mass is 908 g/mol. The SMILES string of the molecule is COc1cc([C@H]2C3=CC[C@@H]4C(=O)N(c5ccc(-c6nc7ccccc7o6)cc5)C(=O)[C@@H]4[C@@H]3C[C@H]3C(=O)C(c4ccccc4)=CC(=O)[C@@]23c2ccccc2)c(Br)c(Br)c1O. The van der Waals surface area contributed by atoms with Gasteiger partial charge in [0.05, 0.1) is 34.5 Å². The molecule has 0 spiro atoms. The average Bonchev–Trinajstić information content (AvgIpc) is 3.82. The van der Waals surface area contributed by atoms with Gasteiger partial charge in [-0.1, -0.05) is 84.4 Å². The first kappa shape index (κ1) is 37.4. The van der Waals surface area contributed by atoms with Crippen LogP contribution < -0.4 is 9.64 Å². The maximum absolute atomic E-state index is 15.4. The van der Waals surface area contributed by atoms with E-state index in [1.807, 2.05) is 91.0 Å². The molecule has 0 radical (unpaired) electrons. The summed E-state index contributed by atoms with van der Waals surface area (Å²) in [6.07, 6.45) is 3.91. The number of allylic oxidation sites excluding steroid dienone is 4. The Hall–Kier alpha value is -5.91. The molecule has 6 aromatic rings. The number of fused-ring (bicyclic) bond motifs is 5. The third-order valence-corrected chi connectivity index (χ3v) is 14.9. The van der Waals surface area contributed by atoms with E-state index < -0.39 is 35.0 Å². The lowest BCUT2D eigenvalue weighted by Crippen LogP contribution is -2.59. The van der Waals surface area contributed by atoms with Crippen molar-refractivity contribution < 1.29 is 33.4 Å². The van der Waals surface area contributed by atoms with Gasteiger partial charge in [0.25, 0.3) is 0 Å². The van der Waals surface area contributed by atoms with Crippen molar-refractivity contribution in [1.82, 2.24) is 4.98 Å². The average molecular weight is 911 g/mol. The van der Waals surface area contributed by atoms with Crippen molar-refractivity contribution in [2.75, 3.05) is 12.0 Å². The third kappa shape index (κ3) is 5.50. The van der Waals surface area contributed by atoms with E-state index in [-0.39, 0.29) is 47.7 Å². The van der Waals surface area contributed by atoms with Crippen molar-refractivity contribution in [3.63, 3.8) is 0 Å². The Morgan fingerprint density at radius 1 is 0.814 bits per heavy atom. The number of methoxy groups -OCH3 is 1. The molecule has 0 bridgehead atoms. The molecule has 1 aliphatic heterocycles. The van der Waals surface area contributed by atoms with Crippen molar-refractivity contribution in [1.29, 1.82) is 0 Å². The molecule has 292 valence electrons. The number of phenols is 1. The van der Waals surface area contributed by atoms with Gasteiger partial charge in [0.2, 0.25) is 17.7 Å². The van der Waals surface area contributed by atoms with Crippen molar-refractivity contribution in [3.8, 4) is 23.0 Å². The van der Waals surface area contributed by atoms with Gasteiger partial charge in [-0.3, -0.25) is 24.1 Å². The second-order valence-electron chi connectivity index (χ2n) is 15.5. The van der Waals surface area contributed by atoms with Crippen LogP contribution in [0.3, 0.4) is 0 Å². The van der Waals surface area contributed by atoms with Crippen molar-refractivity contribution in [2.24, 2.45) is 23.7 Å². The summed E-state index contributed by atoms with van der Waals surface area (Å²) in [5, 5.41) is 11.1. The number of carbonyl (C=O) groups is 4. The van der Waals surface area contributed by atoms with Crippen molar-refractivity contribution >= 4 is 77.6 Å². The van der Waals surface area contributed by atoms with E-state index in [4.69, 9.17) is 9.15 Å². The summed E-state index contributed by atoms with van der Waals surface area (Å²) < 4.78 is 12.4. The molecular weight excluding hydrogens is 876 g/mol. The van der Waals surface area contributed by atoms with Gasteiger partial charge in [-0.05, 0) is 116 Å². The summed E-state index contributed by atoms with van der Waals surface area (Å²) in [4.78, 5) is 66.0. The number of halogens is 2. The lowest BCUT2D eigenvalue weighted by molar-refractivity contribution is -0.135. The summed E-state index contributed by atoms with van der Waals surface area (Å²) in [6.45, 7) is 0. The Labute approximate surface area is 355 Å².